The maximum Gasteiger partial charge on any atom is 0.365 e. The summed E-state index contributed by atoms with van der Waals surface area (Å²) in [6.07, 6.45) is 1.52. The van der Waals surface area contributed by atoms with Crippen molar-refractivity contribution in [1.29, 1.82) is 0 Å². The molecule has 2 aromatic carbocycles. The highest BCUT2D eigenvalue weighted by molar-refractivity contribution is 6.32. The first-order valence-electron chi connectivity index (χ1n) is 8.61. The van der Waals surface area contributed by atoms with Crippen molar-refractivity contribution >= 4 is 23.4 Å². The number of nitrogens with one attached hydrogen (secondary N) is 1. The van der Waals surface area contributed by atoms with Gasteiger partial charge in [0, 0.05) is 5.56 Å². The minimum absolute atomic E-state index is 0.262. The lowest BCUT2D eigenvalue weighted by Gasteiger charge is -2.10. The van der Waals surface area contributed by atoms with E-state index in [0.717, 1.165) is 5.56 Å². The second-order valence-corrected chi connectivity index (χ2v) is 6.20. The van der Waals surface area contributed by atoms with Crippen molar-refractivity contribution in [3.8, 4) is 17.0 Å². The molecule has 1 amide bonds. The van der Waals surface area contributed by atoms with Crippen molar-refractivity contribution in [1.82, 2.24) is 5.16 Å². The van der Waals surface area contributed by atoms with Crippen LogP contribution in [0.2, 0.25) is 0 Å². The maximum absolute atomic E-state index is 12.9. The monoisotopic (exact) mass is 375 g/mol. The topological polar surface area (TPSA) is 87.9 Å². The lowest BCUT2D eigenvalue weighted by molar-refractivity contribution is -0.114. The van der Waals surface area contributed by atoms with E-state index in [-0.39, 0.29) is 11.5 Å². The highest BCUT2D eigenvalue weighted by atomic mass is 16.5. The Morgan fingerprint density at radius 3 is 2.46 bits per heavy atom. The van der Waals surface area contributed by atoms with Gasteiger partial charge in [-0.1, -0.05) is 18.2 Å². The molecule has 1 N–H and O–H groups in total. The molecular formula is C21H17N3O4. The summed E-state index contributed by atoms with van der Waals surface area (Å²) in [5.74, 6) is 0.395. The lowest BCUT2D eigenvalue weighted by Crippen LogP contribution is -2.21. The molecule has 0 spiro atoms. The zero-order valence-corrected chi connectivity index (χ0v) is 15.3. The van der Waals surface area contributed by atoms with E-state index in [9.17, 15) is 9.59 Å². The van der Waals surface area contributed by atoms with E-state index in [2.05, 4.69) is 10.3 Å². The van der Waals surface area contributed by atoms with Crippen LogP contribution in [-0.2, 0) is 4.79 Å². The number of hydrogen-bond donors (Lipinski definition) is 1. The number of benzene rings is 2. The number of amides is 1. The van der Waals surface area contributed by atoms with E-state index in [0.29, 0.717) is 28.4 Å². The smallest absolute Gasteiger partial charge is 0.365 e. The second-order valence-electron chi connectivity index (χ2n) is 6.20. The van der Waals surface area contributed by atoms with Crippen molar-refractivity contribution < 1.29 is 14.1 Å². The molecule has 4 rings (SSSR count). The third-order valence-electron chi connectivity index (χ3n) is 4.47. The van der Waals surface area contributed by atoms with Crippen LogP contribution in [0.3, 0.4) is 0 Å². The number of para-hydroxylation sites is 1. The predicted molar refractivity (Wildman–Crippen MR) is 106 cm³/mol. The largest absolute Gasteiger partial charge is 0.497 e. The van der Waals surface area contributed by atoms with Gasteiger partial charge in [0.25, 0.3) is 5.91 Å². The van der Waals surface area contributed by atoms with E-state index < -0.39 is 5.63 Å². The molecule has 1 aromatic heterocycles. The Hall–Kier alpha value is -3.87. The number of hydrazone groups is 1. The van der Waals surface area contributed by atoms with Crippen LogP contribution in [0.15, 0.2) is 74.6 Å². The Morgan fingerprint density at radius 1 is 1.07 bits per heavy atom. The lowest BCUT2D eigenvalue weighted by atomic mass is 10.0. The van der Waals surface area contributed by atoms with Crippen molar-refractivity contribution in [3.63, 3.8) is 0 Å². The van der Waals surface area contributed by atoms with Crippen LogP contribution < -0.4 is 15.4 Å². The molecule has 1 aliphatic rings. The number of methoxy groups -OCH3 is 1. The number of nitrogens with zero attached hydrogens (tertiary/aromatic N) is 2. The van der Waals surface area contributed by atoms with Crippen LogP contribution in [0.5, 0.6) is 5.75 Å². The zero-order valence-electron chi connectivity index (χ0n) is 15.3. The number of hydrogen-bond acceptors (Lipinski definition) is 5. The Balaban J connectivity index is 1.74. The molecule has 2 heterocycles. The Labute approximate surface area is 160 Å². The van der Waals surface area contributed by atoms with Gasteiger partial charge in [-0.2, -0.15) is 10.1 Å². The molecule has 28 heavy (non-hydrogen) atoms. The van der Waals surface area contributed by atoms with Crippen molar-refractivity contribution in [2.45, 2.75) is 6.92 Å². The molecule has 7 heteroatoms. The standard InChI is InChI=1S/C21H17N3O4/c1-13-17(20(25)24(22-13)15-6-4-3-5-7-15)12-18-19(23-28-21(18)26)14-8-10-16(27-2)11-9-14/h3-12,23H,1-2H3/b17-12+. The molecule has 0 atom stereocenters. The Bertz CT molecular complexity index is 1140. The summed E-state index contributed by atoms with van der Waals surface area (Å²) in [5, 5.41) is 8.29. The molecule has 140 valence electrons. The van der Waals surface area contributed by atoms with Gasteiger partial charge in [0.15, 0.2) is 0 Å². The Kier molecular flexibility index (Phi) is 4.41. The maximum atomic E-state index is 12.9. The van der Waals surface area contributed by atoms with E-state index >= 15 is 0 Å². The van der Waals surface area contributed by atoms with Gasteiger partial charge in [0.1, 0.15) is 5.75 Å². The van der Waals surface area contributed by atoms with Crippen LogP contribution in [0, 0.1) is 0 Å². The molecular weight excluding hydrogens is 358 g/mol. The highest BCUT2D eigenvalue weighted by Gasteiger charge is 2.29. The van der Waals surface area contributed by atoms with Gasteiger partial charge < -0.3 is 9.26 Å². The van der Waals surface area contributed by atoms with Crippen molar-refractivity contribution in [3.05, 3.63) is 76.2 Å². The second kappa shape index (κ2) is 7.03. The molecule has 0 fully saturated rings. The minimum Gasteiger partial charge on any atom is -0.497 e. The summed E-state index contributed by atoms with van der Waals surface area (Å²) in [4.78, 5) is 25.1. The number of aromatic amines is 1. The van der Waals surface area contributed by atoms with Gasteiger partial charge in [-0.25, -0.2) is 9.95 Å². The van der Waals surface area contributed by atoms with Gasteiger partial charge in [-0.05, 0) is 49.4 Å². The SMILES string of the molecule is COc1ccc(-c2[nH]oc(=O)c2/C=C2/C(=O)N(c3ccccc3)N=C2C)cc1. The summed E-state index contributed by atoms with van der Waals surface area (Å²) in [6.45, 7) is 1.73. The molecule has 0 aliphatic carbocycles. The van der Waals surface area contributed by atoms with E-state index in [1.807, 2.05) is 18.2 Å². The van der Waals surface area contributed by atoms with Crippen LogP contribution in [0.1, 0.15) is 12.5 Å². The van der Waals surface area contributed by atoms with Gasteiger partial charge in [0.05, 0.1) is 35.3 Å². The van der Waals surface area contributed by atoms with Crippen molar-refractivity contribution in [2.75, 3.05) is 12.1 Å². The quantitative estimate of drug-likeness (QED) is 0.708. The first-order valence-corrected chi connectivity index (χ1v) is 8.61. The fourth-order valence-electron chi connectivity index (χ4n) is 2.99. The third-order valence-corrected chi connectivity index (χ3v) is 4.47. The highest BCUT2D eigenvalue weighted by Crippen LogP contribution is 2.27. The van der Waals surface area contributed by atoms with E-state index in [1.165, 1.54) is 11.1 Å². The van der Waals surface area contributed by atoms with Crippen LogP contribution >= 0.6 is 0 Å². The third kappa shape index (κ3) is 3.03. The molecule has 3 aromatic rings. The number of rotatable bonds is 4. The van der Waals surface area contributed by atoms with Gasteiger partial charge >= 0.3 is 5.63 Å². The van der Waals surface area contributed by atoms with Gasteiger partial charge in [-0.3, -0.25) is 4.79 Å². The summed E-state index contributed by atoms with van der Waals surface area (Å²) in [5.41, 5.74) is 2.44. The average Bonchev–Trinajstić information content (AvgIpc) is 3.23. The number of anilines is 1. The summed E-state index contributed by atoms with van der Waals surface area (Å²) in [7, 11) is 1.58. The van der Waals surface area contributed by atoms with E-state index in [4.69, 9.17) is 9.26 Å². The number of H-pyrrole nitrogens is 1. The van der Waals surface area contributed by atoms with Gasteiger partial charge in [-0.15, -0.1) is 0 Å². The molecule has 0 saturated heterocycles. The van der Waals surface area contributed by atoms with Crippen molar-refractivity contribution in [2.24, 2.45) is 5.10 Å². The van der Waals surface area contributed by atoms with Crippen LogP contribution in [-0.4, -0.2) is 23.9 Å². The molecule has 0 bridgehead atoms. The average molecular weight is 375 g/mol. The number of ether oxygens (including phenoxy) is 1. The molecule has 1 aliphatic heterocycles. The molecule has 0 radical (unpaired) electrons. The first kappa shape index (κ1) is 17.5. The summed E-state index contributed by atoms with van der Waals surface area (Å²) >= 11 is 0. The number of aromatic nitrogens is 1. The fourth-order valence-corrected chi connectivity index (χ4v) is 2.99. The Morgan fingerprint density at radius 2 is 1.79 bits per heavy atom. The summed E-state index contributed by atoms with van der Waals surface area (Å²) in [6, 6.07) is 16.3. The van der Waals surface area contributed by atoms with Crippen LogP contribution in [0.4, 0.5) is 5.69 Å². The molecule has 0 unspecified atom stereocenters. The fraction of sp³-hybridized carbons (Fsp3) is 0.0952. The van der Waals surface area contributed by atoms with Crippen LogP contribution in [0.25, 0.3) is 17.3 Å². The first-order chi connectivity index (χ1) is 13.6. The van der Waals surface area contributed by atoms with Gasteiger partial charge in [0.2, 0.25) is 0 Å². The minimum atomic E-state index is -0.558. The number of carbonyl (C=O) groups excluding carboxylic acids is 1. The predicted octanol–water partition coefficient (Wildman–Crippen LogP) is 3.45. The number of carbonyl (C=O) groups is 1. The normalized spacial score (nSPS) is 15.2. The summed E-state index contributed by atoms with van der Waals surface area (Å²) < 4.78 is 10.1. The molecule has 7 nitrogen and oxygen atoms in total. The molecule has 0 saturated carbocycles. The zero-order chi connectivity index (χ0) is 19.7. The van der Waals surface area contributed by atoms with E-state index in [1.54, 1.807) is 50.4 Å².